The van der Waals surface area contributed by atoms with Crippen molar-refractivity contribution in [1.82, 2.24) is 30.3 Å². The number of alkyl halides is 3. The Bertz CT molecular complexity index is 1170. The molecule has 0 aliphatic carbocycles. The minimum Gasteiger partial charge on any atom is -0.320 e. The molecule has 12 heteroatoms. The van der Waals surface area contributed by atoms with E-state index in [1.165, 1.54) is 17.0 Å². The minimum atomic E-state index is -4.61. The predicted molar refractivity (Wildman–Crippen MR) is 99.5 cm³/mol. The van der Waals surface area contributed by atoms with Gasteiger partial charge >= 0.3 is 12.2 Å². The second kappa shape index (κ2) is 7.28. The van der Waals surface area contributed by atoms with Gasteiger partial charge < -0.3 is 10.2 Å². The van der Waals surface area contributed by atoms with Crippen LogP contribution in [0.25, 0.3) is 11.4 Å². The molecule has 0 spiro atoms. The highest BCUT2D eigenvalue weighted by atomic mass is 19.4. The lowest BCUT2D eigenvalue weighted by atomic mass is 10.1. The van der Waals surface area contributed by atoms with Crippen LogP contribution in [0.5, 0.6) is 0 Å². The lowest BCUT2D eigenvalue weighted by molar-refractivity contribution is -0.137. The SMILES string of the molecule is Cc1nc(-c2cc(NC(=O)N3CCc4n[nH]c(=O)cc4C3)cc(C(F)(F)F)c2)n[nH]1. The van der Waals surface area contributed by atoms with Crippen LogP contribution in [-0.4, -0.2) is 42.9 Å². The molecule has 2 aromatic heterocycles. The number of aromatic amines is 2. The number of fused-ring (bicyclic) bond motifs is 1. The summed E-state index contributed by atoms with van der Waals surface area (Å²) in [5, 5.41) is 15.3. The van der Waals surface area contributed by atoms with Crippen LogP contribution in [0.3, 0.4) is 0 Å². The number of aryl methyl sites for hydroxylation is 1. The number of urea groups is 1. The second-order valence-corrected chi connectivity index (χ2v) is 6.85. The predicted octanol–water partition coefficient (Wildman–Crippen LogP) is 2.47. The molecule has 0 unspecified atom stereocenters. The largest absolute Gasteiger partial charge is 0.416 e. The maximum Gasteiger partial charge on any atom is 0.416 e. The third-order valence-corrected chi connectivity index (χ3v) is 4.61. The smallest absolute Gasteiger partial charge is 0.320 e. The number of aromatic nitrogens is 5. The Balaban J connectivity index is 1.60. The number of amides is 2. The average Bonchev–Trinajstić information content (AvgIpc) is 3.13. The lowest BCUT2D eigenvalue weighted by Gasteiger charge is -2.28. The summed E-state index contributed by atoms with van der Waals surface area (Å²) in [6, 6.07) is 3.92. The van der Waals surface area contributed by atoms with E-state index in [1.54, 1.807) is 6.92 Å². The first kappa shape index (κ1) is 19.6. The Morgan fingerprint density at radius 3 is 2.67 bits per heavy atom. The Hall–Kier alpha value is -3.70. The number of nitrogens with zero attached hydrogens (tertiary/aromatic N) is 4. The number of carbonyl (C=O) groups excluding carboxylic acids is 1. The number of anilines is 1. The third kappa shape index (κ3) is 4.02. The van der Waals surface area contributed by atoms with Crippen LogP contribution in [0.15, 0.2) is 29.1 Å². The van der Waals surface area contributed by atoms with E-state index in [0.29, 0.717) is 30.0 Å². The molecule has 1 aliphatic heterocycles. The van der Waals surface area contributed by atoms with E-state index in [4.69, 9.17) is 0 Å². The summed E-state index contributed by atoms with van der Waals surface area (Å²) in [6.07, 6.45) is -4.19. The van der Waals surface area contributed by atoms with Crippen LogP contribution in [-0.2, 0) is 19.1 Å². The molecule has 156 valence electrons. The maximum absolute atomic E-state index is 13.4. The van der Waals surface area contributed by atoms with Crippen LogP contribution in [0.4, 0.5) is 23.7 Å². The summed E-state index contributed by atoms with van der Waals surface area (Å²) in [5.41, 5.74) is 0.0326. The zero-order chi connectivity index (χ0) is 21.5. The van der Waals surface area contributed by atoms with Crippen molar-refractivity contribution in [1.29, 1.82) is 0 Å². The molecule has 3 heterocycles. The topological polar surface area (TPSA) is 120 Å². The highest BCUT2D eigenvalue weighted by molar-refractivity contribution is 5.90. The molecule has 0 saturated heterocycles. The van der Waals surface area contributed by atoms with E-state index in [-0.39, 0.29) is 29.2 Å². The summed E-state index contributed by atoms with van der Waals surface area (Å²) < 4.78 is 40.1. The van der Waals surface area contributed by atoms with Crippen LogP contribution in [0, 0.1) is 6.92 Å². The van der Waals surface area contributed by atoms with Crippen molar-refractivity contribution in [2.75, 3.05) is 11.9 Å². The molecule has 0 fully saturated rings. The van der Waals surface area contributed by atoms with E-state index >= 15 is 0 Å². The zero-order valence-corrected chi connectivity index (χ0v) is 15.7. The fourth-order valence-corrected chi connectivity index (χ4v) is 3.19. The molecule has 0 atom stereocenters. The van der Waals surface area contributed by atoms with Gasteiger partial charge in [0.25, 0.3) is 5.56 Å². The van der Waals surface area contributed by atoms with Gasteiger partial charge in [0.05, 0.1) is 11.3 Å². The lowest BCUT2D eigenvalue weighted by Crippen LogP contribution is -2.40. The van der Waals surface area contributed by atoms with Crippen molar-refractivity contribution >= 4 is 11.7 Å². The molecular weight excluding hydrogens is 403 g/mol. The van der Waals surface area contributed by atoms with Gasteiger partial charge in [-0.05, 0) is 25.1 Å². The van der Waals surface area contributed by atoms with Crippen molar-refractivity contribution < 1.29 is 18.0 Å². The fourth-order valence-electron chi connectivity index (χ4n) is 3.19. The molecule has 0 bridgehead atoms. The van der Waals surface area contributed by atoms with Crippen molar-refractivity contribution in [3.05, 3.63) is 57.3 Å². The van der Waals surface area contributed by atoms with Crippen molar-refractivity contribution in [3.8, 4) is 11.4 Å². The van der Waals surface area contributed by atoms with Crippen molar-refractivity contribution in [3.63, 3.8) is 0 Å². The van der Waals surface area contributed by atoms with Crippen LogP contribution < -0.4 is 10.9 Å². The van der Waals surface area contributed by atoms with Crippen LogP contribution in [0.2, 0.25) is 0 Å². The highest BCUT2D eigenvalue weighted by Crippen LogP contribution is 2.34. The van der Waals surface area contributed by atoms with E-state index in [0.717, 1.165) is 12.1 Å². The molecule has 2 amide bonds. The van der Waals surface area contributed by atoms with Gasteiger partial charge in [-0.25, -0.2) is 14.9 Å². The van der Waals surface area contributed by atoms with Gasteiger partial charge in [0, 0.05) is 42.4 Å². The number of halogens is 3. The van der Waals surface area contributed by atoms with Gasteiger partial charge in [0.15, 0.2) is 5.82 Å². The summed E-state index contributed by atoms with van der Waals surface area (Å²) in [7, 11) is 0. The molecule has 30 heavy (non-hydrogen) atoms. The van der Waals surface area contributed by atoms with Crippen molar-refractivity contribution in [2.45, 2.75) is 26.1 Å². The Kier molecular flexibility index (Phi) is 4.76. The summed E-state index contributed by atoms with van der Waals surface area (Å²) in [6.45, 7) is 2.06. The van der Waals surface area contributed by atoms with Gasteiger partial charge in [-0.15, -0.1) is 0 Å². The zero-order valence-electron chi connectivity index (χ0n) is 15.7. The number of hydrogen-bond donors (Lipinski definition) is 3. The number of rotatable bonds is 2. The monoisotopic (exact) mass is 419 g/mol. The highest BCUT2D eigenvalue weighted by Gasteiger charge is 2.32. The van der Waals surface area contributed by atoms with Crippen LogP contribution >= 0.6 is 0 Å². The molecular formula is C18H16F3N7O2. The molecule has 0 radical (unpaired) electrons. The number of H-pyrrole nitrogens is 2. The van der Waals surface area contributed by atoms with Gasteiger partial charge in [0.2, 0.25) is 0 Å². The number of hydrogen-bond acceptors (Lipinski definition) is 5. The standard InChI is InChI=1S/C18H16F3N7O2/c1-9-22-16(27-24-9)10-4-12(18(19,20)21)7-13(5-10)23-17(30)28-3-2-14-11(8-28)6-15(29)26-25-14/h4-7H,2-3,8H2,1H3,(H,23,30)(H,26,29)(H,22,24,27). The first-order valence-electron chi connectivity index (χ1n) is 8.94. The van der Waals surface area contributed by atoms with E-state index in [2.05, 4.69) is 30.7 Å². The Labute approximate surface area is 167 Å². The van der Waals surface area contributed by atoms with Gasteiger partial charge in [-0.2, -0.15) is 23.4 Å². The second-order valence-electron chi connectivity index (χ2n) is 6.85. The normalized spacial score (nSPS) is 13.8. The molecule has 1 aromatic carbocycles. The molecule has 1 aliphatic rings. The Morgan fingerprint density at radius 2 is 1.97 bits per heavy atom. The third-order valence-electron chi connectivity index (χ3n) is 4.61. The summed E-state index contributed by atoms with van der Waals surface area (Å²) >= 11 is 0. The van der Waals surface area contributed by atoms with Crippen LogP contribution in [0.1, 0.15) is 22.6 Å². The Morgan fingerprint density at radius 1 is 1.17 bits per heavy atom. The number of carbonyl (C=O) groups is 1. The molecule has 3 aromatic rings. The average molecular weight is 419 g/mol. The number of nitrogens with one attached hydrogen (secondary N) is 3. The fraction of sp³-hybridized carbons (Fsp3) is 0.278. The maximum atomic E-state index is 13.4. The quantitative estimate of drug-likeness (QED) is 0.590. The molecule has 9 nitrogen and oxygen atoms in total. The number of benzene rings is 1. The van der Waals surface area contributed by atoms with E-state index in [9.17, 15) is 22.8 Å². The van der Waals surface area contributed by atoms with Gasteiger partial charge in [-0.3, -0.25) is 9.89 Å². The van der Waals surface area contributed by atoms with Crippen molar-refractivity contribution in [2.24, 2.45) is 0 Å². The van der Waals surface area contributed by atoms with E-state index in [1.807, 2.05) is 0 Å². The molecule has 0 saturated carbocycles. The van der Waals surface area contributed by atoms with E-state index < -0.39 is 17.8 Å². The van der Waals surface area contributed by atoms with Gasteiger partial charge in [-0.1, -0.05) is 0 Å². The summed E-state index contributed by atoms with van der Waals surface area (Å²) in [4.78, 5) is 29.6. The minimum absolute atomic E-state index is 0.0397. The molecule has 4 rings (SSSR count). The van der Waals surface area contributed by atoms with Gasteiger partial charge in [0.1, 0.15) is 5.82 Å². The summed E-state index contributed by atoms with van der Waals surface area (Å²) in [5.74, 6) is 0.537. The molecule has 3 N–H and O–H groups in total. The first-order valence-corrected chi connectivity index (χ1v) is 8.94. The first-order chi connectivity index (χ1) is 14.2.